The third-order valence-electron chi connectivity index (χ3n) is 3.14. The van der Waals surface area contributed by atoms with Crippen molar-refractivity contribution in [1.82, 2.24) is 5.32 Å². The third kappa shape index (κ3) is 5.23. The summed E-state index contributed by atoms with van der Waals surface area (Å²) in [6.07, 6.45) is 0. The van der Waals surface area contributed by atoms with Crippen molar-refractivity contribution in [2.24, 2.45) is 0 Å². The number of halogens is 2. The number of amides is 1. The van der Waals surface area contributed by atoms with Gasteiger partial charge in [0.1, 0.15) is 12.4 Å². The van der Waals surface area contributed by atoms with E-state index in [4.69, 9.17) is 21.1 Å². The highest BCUT2D eigenvalue weighted by Crippen LogP contribution is 2.26. The van der Waals surface area contributed by atoms with Crippen molar-refractivity contribution in [1.29, 1.82) is 0 Å². The number of rotatable bonds is 7. The first kappa shape index (κ1) is 17.8. The number of carbonyl (C=O) groups excluding carboxylic acids is 1. The van der Waals surface area contributed by atoms with Gasteiger partial charge in [-0.1, -0.05) is 29.8 Å². The van der Waals surface area contributed by atoms with Crippen LogP contribution < -0.4 is 10.1 Å². The highest BCUT2D eigenvalue weighted by Gasteiger charge is 2.10. The number of nitrogens with one attached hydrogen (secondary N) is 1. The number of carbonyl (C=O) groups is 1. The van der Waals surface area contributed by atoms with Gasteiger partial charge in [-0.05, 0) is 45.8 Å². The fourth-order valence-corrected chi connectivity index (χ4v) is 2.61. The van der Waals surface area contributed by atoms with Crippen LogP contribution in [-0.4, -0.2) is 26.2 Å². The Balaban J connectivity index is 1.97. The number of hydrogen-bond acceptors (Lipinski definition) is 3. The summed E-state index contributed by atoms with van der Waals surface area (Å²) in [5.74, 6) is 0.499. The van der Waals surface area contributed by atoms with E-state index in [0.29, 0.717) is 36.1 Å². The molecular weight excluding hydrogens is 382 g/mol. The summed E-state index contributed by atoms with van der Waals surface area (Å²) in [6, 6.07) is 12.6. The number of methoxy groups -OCH3 is 1. The minimum absolute atomic E-state index is 0.172. The van der Waals surface area contributed by atoms with E-state index < -0.39 is 0 Å². The Morgan fingerprint density at radius 3 is 2.70 bits per heavy atom. The maximum Gasteiger partial charge on any atom is 0.251 e. The number of benzene rings is 2. The fraction of sp³-hybridized carbons (Fsp3) is 0.235. The van der Waals surface area contributed by atoms with Gasteiger partial charge in [-0.3, -0.25) is 4.79 Å². The van der Waals surface area contributed by atoms with E-state index in [-0.39, 0.29) is 5.91 Å². The lowest BCUT2D eigenvalue weighted by atomic mass is 10.2. The van der Waals surface area contributed by atoms with Gasteiger partial charge < -0.3 is 14.8 Å². The molecule has 0 fully saturated rings. The number of ether oxygens (including phenoxy) is 2. The molecule has 0 aromatic heterocycles. The van der Waals surface area contributed by atoms with Gasteiger partial charge in [-0.25, -0.2) is 0 Å². The largest absolute Gasteiger partial charge is 0.490 e. The average molecular weight is 399 g/mol. The molecule has 0 bridgehead atoms. The summed E-state index contributed by atoms with van der Waals surface area (Å²) >= 11 is 9.48. The summed E-state index contributed by atoms with van der Waals surface area (Å²) < 4.78 is 11.2. The maximum absolute atomic E-state index is 12.2. The Labute approximate surface area is 148 Å². The lowest BCUT2D eigenvalue weighted by molar-refractivity contribution is 0.0950. The zero-order valence-electron chi connectivity index (χ0n) is 12.6. The van der Waals surface area contributed by atoms with E-state index in [9.17, 15) is 4.79 Å². The first-order valence-corrected chi connectivity index (χ1v) is 8.22. The molecule has 6 heteroatoms. The minimum atomic E-state index is -0.172. The van der Waals surface area contributed by atoms with Crippen LogP contribution in [0.3, 0.4) is 0 Å². The molecule has 0 aliphatic carbocycles. The molecule has 0 unspecified atom stereocenters. The van der Waals surface area contributed by atoms with Crippen LogP contribution in [-0.2, 0) is 11.3 Å². The van der Waals surface area contributed by atoms with Crippen molar-refractivity contribution < 1.29 is 14.3 Å². The SMILES string of the molecule is COCCOc1ccc(C(=O)NCc2ccccc2Cl)cc1Br. The van der Waals surface area contributed by atoms with Gasteiger partial charge in [0.05, 0.1) is 11.1 Å². The predicted octanol–water partition coefficient (Wildman–Crippen LogP) is 4.06. The highest BCUT2D eigenvalue weighted by molar-refractivity contribution is 9.10. The van der Waals surface area contributed by atoms with Crippen molar-refractivity contribution in [3.63, 3.8) is 0 Å². The Hall–Kier alpha value is -1.56. The molecule has 0 heterocycles. The summed E-state index contributed by atoms with van der Waals surface area (Å²) in [4.78, 5) is 12.2. The van der Waals surface area contributed by atoms with Crippen molar-refractivity contribution >= 4 is 33.4 Å². The Morgan fingerprint density at radius 1 is 1.22 bits per heavy atom. The first-order chi connectivity index (χ1) is 11.1. The molecule has 2 aromatic rings. The van der Waals surface area contributed by atoms with E-state index >= 15 is 0 Å². The minimum Gasteiger partial charge on any atom is -0.490 e. The fourth-order valence-electron chi connectivity index (χ4n) is 1.91. The van der Waals surface area contributed by atoms with Crippen molar-refractivity contribution in [3.05, 3.63) is 63.1 Å². The molecule has 4 nitrogen and oxygen atoms in total. The number of hydrogen-bond donors (Lipinski definition) is 1. The van der Waals surface area contributed by atoms with Crippen LogP contribution in [0, 0.1) is 0 Å². The van der Waals surface area contributed by atoms with Crippen LogP contribution in [0.5, 0.6) is 5.75 Å². The highest BCUT2D eigenvalue weighted by atomic mass is 79.9. The predicted molar refractivity (Wildman–Crippen MR) is 94.1 cm³/mol. The molecule has 0 atom stereocenters. The van der Waals surface area contributed by atoms with E-state index in [1.807, 2.05) is 18.2 Å². The van der Waals surface area contributed by atoms with E-state index in [1.54, 1.807) is 31.4 Å². The average Bonchev–Trinajstić information content (AvgIpc) is 2.55. The first-order valence-electron chi connectivity index (χ1n) is 7.04. The summed E-state index contributed by atoms with van der Waals surface area (Å²) in [6.45, 7) is 1.34. The zero-order chi connectivity index (χ0) is 16.7. The maximum atomic E-state index is 12.2. The Kier molecular flexibility index (Phi) is 6.89. The van der Waals surface area contributed by atoms with E-state index in [2.05, 4.69) is 21.2 Å². The molecule has 0 spiro atoms. The van der Waals surface area contributed by atoms with Crippen molar-refractivity contribution in [3.8, 4) is 5.75 Å². The molecule has 2 rings (SSSR count). The van der Waals surface area contributed by atoms with Crippen LogP contribution in [0.15, 0.2) is 46.9 Å². The van der Waals surface area contributed by atoms with Gasteiger partial charge in [-0.2, -0.15) is 0 Å². The molecule has 0 saturated heterocycles. The molecule has 0 aliphatic rings. The molecule has 122 valence electrons. The zero-order valence-corrected chi connectivity index (χ0v) is 15.0. The Bertz CT molecular complexity index is 679. The molecule has 0 saturated carbocycles. The standard InChI is InChI=1S/C17H17BrClNO3/c1-22-8-9-23-16-7-6-12(10-14(16)18)17(21)20-11-13-4-2-3-5-15(13)19/h2-7,10H,8-9,11H2,1H3,(H,20,21). The van der Waals surface area contributed by atoms with Gasteiger partial charge in [0.15, 0.2) is 0 Å². The van der Waals surface area contributed by atoms with Crippen LogP contribution >= 0.6 is 27.5 Å². The van der Waals surface area contributed by atoms with Crippen molar-refractivity contribution in [2.45, 2.75) is 6.54 Å². The van der Waals surface area contributed by atoms with E-state index in [0.717, 1.165) is 10.0 Å². The van der Waals surface area contributed by atoms with Crippen LogP contribution in [0.4, 0.5) is 0 Å². The summed E-state index contributed by atoms with van der Waals surface area (Å²) in [5.41, 5.74) is 1.42. The molecule has 2 aromatic carbocycles. The van der Waals surface area contributed by atoms with Gasteiger partial charge in [0, 0.05) is 24.2 Å². The molecule has 0 radical (unpaired) electrons. The molecule has 1 amide bonds. The molecular formula is C17H17BrClNO3. The van der Waals surface area contributed by atoms with E-state index in [1.165, 1.54) is 0 Å². The van der Waals surface area contributed by atoms with Crippen LogP contribution in [0.25, 0.3) is 0 Å². The topological polar surface area (TPSA) is 47.6 Å². The quantitative estimate of drug-likeness (QED) is 0.716. The van der Waals surface area contributed by atoms with Gasteiger partial charge in [-0.15, -0.1) is 0 Å². The summed E-state index contributed by atoms with van der Waals surface area (Å²) in [7, 11) is 1.62. The van der Waals surface area contributed by atoms with Gasteiger partial charge in [0.25, 0.3) is 5.91 Å². The second-order valence-corrected chi connectivity index (χ2v) is 6.02. The molecule has 0 aliphatic heterocycles. The third-order valence-corrected chi connectivity index (χ3v) is 4.12. The van der Waals surface area contributed by atoms with Gasteiger partial charge >= 0.3 is 0 Å². The lowest BCUT2D eigenvalue weighted by Gasteiger charge is -2.10. The molecule has 1 N–H and O–H groups in total. The smallest absolute Gasteiger partial charge is 0.251 e. The second-order valence-electron chi connectivity index (χ2n) is 4.76. The molecule has 23 heavy (non-hydrogen) atoms. The van der Waals surface area contributed by atoms with Crippen molar-refractivity contribution in [2.75, 3.05) is 20.3 Å². The lowest BCUT2D eigenvalue weighted by Crippen LogP contribution is -2.23. The van der Waals surface area contributed by atoms with Gasteiger partial charge in [0.2, 0.25) is 0 Å². The second kappa shape index (κ2) is 8.91. The van der Waals surface area contributed by atoms with Crippen LogP contribution in [0.2, 0.25) is 5.02 Å². The monoisotopic (exact) mass is 397 g/mol. The normalized spacial score (nSPS) is 10.4. The summed E-state index contributed by atoms with van der Waals surface area (Å²) in [5, 5.41) is 3.49. The Morgan fingerprint density at radius 2 is 2.00 bits per heavy atom. The van der Waals surface area contributed by atoms with Crippen LogP contribution in [0.1, 0.15) is 15.9 Å².